The van der Waals surface area contributed by atoms with Crippen LogP contribution in [0.5, 0.6) is 0 Å². The standard InChI is InChI=1S/C25H36N6O/c1-3-29-13-15-30(16-14-29)12-10-26-24(32)22-5-4-11-31(19-22)25-27-17-23(18-28-25)21-8-6-20(2)7-9-21/h6-9,17-18,22H,3-5,10-16,19H2,1-2H3,(H,26,32)/t22-/m1/s1. The van der Waals surface area contributed by atoms with Gasteiger partial charge in [0.1, 0.15) is 0 Å². The van der Waals surface area contributed by atoms with Crippen LogP contribution >= 0.6 is 0 Å². The van der Waals surface area contributed by atoms with E-state index in [2.05, 4.69) is 68.1 Å². The molecule has 172 valence electrons. The molecule has 1 N–H and O–H groups in total. The van der Waals surface area contributed by atoms with Crippen molar-refractivity contribution in [3.05, 3.63) is 42.2 Å². The molecule has 1 atom stereocenters. The number of hydrogen-bond acceptors (Lipinski definition) is 6. The minimum atomic E-state index is 0.000985. The van der Waals surface area contributed by atoms with Crippen molar-refractivity contribution in [1.82, 2.24) is 25.1 Å². The number of nitrogens with zero attached hydrogens (tertiary/aromatic N) is 5. The van der Waals surface area contributed by atoms with Crippen molar-refractivity contribution in [2.24, 2.45) is 5.92 Å². The first-order chi connectivity index (χ1) is 15.6. The molecule has 2 aliphatic rings. The van der Waals surface area contributed by atoms with Gasteiger partial charge in [-0.15, -0.1) is 0 Å². The zero-order chi connectivity index (χ0) is 22.3. The first-order valence-corrected chi connectivity index (χ1v) is 12.0. The second-order valence-corrected chi connectivity index (χ2v) is 8.99. The molecule has 3 heterocycles. The van der Waals surface area contributed by atoms with Crippen LogP contribution in [0.15, 0.2) is 36.7 Å². The van der Waals surface area contributed by atoms with Crippen LogP contribution in [0.4, 0.5) is 5.95 Å². The third kappa shape index (κ3) is 5.84. The van der Waals surface area contributed by atoms with Crippen molar-refractivity contribution in [3.63, 3.8) is 0 Å². The summed E-state index contributed by atoms with van der Waals surface area (Å²) in [5.74, 6) is 0.881. The molecule has 2 saturated heterocycles. The number of carbonyl (C=O) groups excluding carboxylic acids is 1. The predicted octanol–water partition coefficient (Wildman–Crippen LogP) is 2.42. The Bertz CT molecular complexity index is 861. The average Bonchev–Trinajstić information content (AvgIpc) is 2.85. The summed E-state index contributed by atoms with van der Waals surface area (Å²) in [5.41, 5.74) is 3.37. The lowest BCUT2D eigenvalue weighted by molar-refractivity contribution is -0.125. The van der Waals surface area contributed by atoms with Gasteiger partial charge in [-0.1, -0.05) is 36.8 Å². The Morgan fingerprint density at radius 2 is 1.69 bits per heavy atom. The fourth-order valence-electron chi connectivity index (χ4n) is 4.56. The first kappa shape index (κ1) is 22.7. The molecule has 7 heteroatoms. The monoisotopic (exact) mass is 436 g/mol. The Labute approximate surface area is 191 Å². The van der Waals surface area contributed by atoms with E-state index in [1.807, 2.05) is 12.4 Å². The van der Waals surface area contributed by atoms with E-state index >= 15 is 0 Å². The maximum atomic E-state index is 12.8. The van der Waals surface area contributed by atoms with Crippen LogP contribution < -0.4 is 10.2 Å². The number of rotatable bonds is 7. The van der Waals surface area contributed by atoms with Gasteiger partial charge < -0.3 is 15.1 Å². The van der Waals surface area contributed by atoms with E-state index in [4.69, 9.17) is 0 Å². The maximum absolute atomic E-state index is 12.8. The Hall–Kier alpha value is -2.51. The average molecular weight is 437 g/mol. The summed E-state index contributed by atoms with van der Waals surface area (Å²) in [6, 6.07) is 8.39. The number of piperidine rings is 1. The van der Waals surface area contributed by atoms with Crippen LogP contribution in [0.1, 0.15) is 25.3 Å². The molecule has 0 saturated carbocycles. The highest BCUT2D eigenvalue weighted by atomic mass is 16.1. The van der Waals surface area contributed by atoms with Crippen molar-refractivity contribution in [2.75, 3.05) is 63.8 Å². The minimum Gasteiger partial charge on any atom is -0.355 e. The summed E-state index contributed by atoms with van der Waals surface area (Å²) in [5, 5.41) is 3.17. The Balaban J connectivity index is 1.25. The van der Waals surface area contributed by atoms with Gasteiger partial charge in [0.2, 0.25) is 11.9 Å². The summed E-state index contributed by atoms with van der Waals surface area (Å²) >= 11 is 0. The van der Waals surface area contributed by atoms with Crippen molar-refractivity contribution in [3.8, 4) is 11.1 Å². The van der Waals surface area contributed by atoms with Crippen LogP contribution in [0, 0.1) is 12.8 Å². The Morgan fingerprint density at radius 1 is 1.00 bits per heavy atom. The molecule has 2 aromatic rings. The van der Waals surface area contributed by atoms with Gasteiger partial charge in [0.05, 0.1) is 5.92 Å². The molecule has 32 heavy (non-hydrogen) atoms. The molecular formula is C25H36N6O. The molecule has 0 aliphatic carbocycles. The number of aryl methyl sites for hydroxylation is 1. The molecule has 0 bridgehead atoms. The summed E-state index contributed by atoms with van der Waals surface area (Å²) in [4.78, 5) is 29.1. The van der Waals surface area contributed by atoms with E-state index in [0.29, 0.717) is 12.5 Å². The number of nitrogens with one attached hydrogen (secondary N) is 1. The zero-order valence-corrected chi connectivity index (χ0v) is 19.5. The predicted molar refractivity (Wildman–Crippen MR) is 129 cm³/mol. The molecule has 4 rings (SSSR count). The van der Waals surface area contributed by atoms with E-state index in [9.17, 15) is 4.79 Å². The largest absolute Gasteiger partial charge is 0.355 e. The number of anilines is 1. The summed E-state index contributed by atoms with van der Waals surface area (Å²) in [7, 11) is 0. The van der Waals surface area contributed by atoms with E-state index in [-0.39, 0.29) is 11.8 Å². The molecule has 2 aliphatic heterocycles. The quantitative estimate of drug-likeness (QED) is 0.719. The van der Waals surface area contributed by atoms with Gasteiger partial charge in [-0.25, -0.2) is 9.97 Å². The van der Waals surface area contributed by atoms with Gasteiger partial charge >= 0.3 is 0 Å². The highest BCUT2D eigenvalue weighted by molar-refractivity contribution is 5.79. The van der Waals surface area contributed by atoms with Crippen LogP contribution in [0.25, 0.3) is 11.1 Å². The molecule has 1 aromatic heterocycles. The fourth-order valence-corrected chi connectivity index (χ4v) is 4.56. The molecule has 1 amide bonds. The van der Waals surface area contributed by atoms with E-state index in [0.717, 1.165) is 76.3 Å². The molecule has 0 spiro atoms. The van der Waals surface area contributed by atoms with Gasteiger partial charge in [0.15, 0.2) is 0 Å². The second-order valence-electron chi connectivity index (χ2n) is 8.99. The SMILES string of the molecule is CCN1CCN(CCNC(=O)[C@@H]2CCCN(c3ncc(-c4ccc(C)cc4)cn3)C2)CC1. The summed E-state index contributed by atoms with van der Waals surface area (Å²) in [6.07, 6.45) is 5.68. The van der Waals surface area contributed by atoms with Crippen molar-refractivity contribution in [1.29, 1.82) is 0 Å². The lowest BCUT2D eigenvalue weighted by Gasteiger charge is -2.34. The van der Waals surface area contributed by atoms with Crippen molar-refractivity contribution in [2.45, 2.75) is 26.7 Å². The minimum absolute atomic E-state index is 0.000985. The van der Waals surface area contributed by atoms with Gasteiger partial charge in [-0.05, 0) is 31.9 Å². The third-order valence-electron chi connectivity index (χ3n) is 6.74. The number of benzene rings is 1. The van der Waals surface area contributed by atoms with Crippen LogP contribution in [-0.4, -0.2) is 84.6 Å². The fraction of sp³-hybridized carbons (Fsp3) is 0.560. The first-order valence-electron chi connectivity index (χ1n) is 12.0. The van der Waals surface area contributed by atoms with Gasteiger partial charge in [0.25, 0.3) is 0 Å². The number of aromatic nitrogens is 2. The van der Waals surface area contributed by atoms with E-state index in [1.54, 1.807) is 0 Å². The van der Waals surface area contributed by atoms with Crippen LogP contribution in [0.3, 0.4) is 0 Å². The van der Waals surface area contributed by atoms with Crippen molar-refractivity contribution < 1.29 is 4.79 Å². The number of piperazine rings is 1. The highest BCUT2D eigenvalue weighted by Gasteiger charge is 2.27. The van der Waals surface area contributed by atoms with E-state index < -0.39 is 0 Å². The smallest absolute Gasteiger partial charge is 0.225 e. The molecule has 2 fully saturated rings. The lowest BCUT2D eigenvalue weighted by Crippen LogP contribution is -2.49. The van der Waals surface area contributed by atoms with Crippen molar-refractivity contribution >= 4 is 11.9 Å². The molecule has 0 radical (unpaired) electrons. The van der Waals surface area contributed by atoms with Gasteiger partial charge in [-0.3, -0.25) is 9.69 Å². The Kier molecular flexibility index (Phi) is 7.71. The number of hydrogen-bond donors (Lipinski definition) is 1. The lowest BCUT2D eigenvalue weighted by atomic mass is 9.97. The number of likely N-dealkylation sites (N-methyl/N-ethyl adjacent to an activating group) is 1. The van der Waals surface area contributed by atoms with Crippen LogP contribution in [-0.2, 0) is 4.79 Å². The summed E-state index contributed by atoms with van der Waals surface area (Å²) < 4.78 is 0. The second kappa shape index (κ2) is 10.9. The summed E-state index contributed by atoms with van der Waals surface area (Å²) in [6.45, 7) is 13.1. The van der Waals surface area contributed by atoms with Gasteiger partial charge in [0, 0.05) is 70.3 Å². The molecular weight excluding hydrogens is 400 g/mol. The maximum Gasteiger partial charge on any atom is 0.225 e. The molecule has 1 aromatic carbocycles. The number of carbonyl (C=O) groups is 1. The zero-order valence-electron chi connectivity index (χ0n) is 19.5. The van der Waals surface area contributed by atoms with Crippen LogP contribution in [0.2, 0.25) is 0 Å². The number of amides is 1. The topological polar surface area (TPSA) is 64.6 Å². The molecule has 7 nitrogen and oxygen atoms in total. The van der Waals surface area contributed by atoms with E-state index in [1.165, 1.54) is 5.56 Å². The van der Waals surface area contributed by atoms with Gasteiger partial charge in [-0.2, -0.15) is 0 Å². The third-order valence-corrected chi connectivity index (χ3v) is 6.74. The molecule has 0 unspecified atom stereocenters. The highest BCUT2D eigenvalue weighted by Crippen LogP contribution is 2.23. The Morgan fingerprint density at radius 3 is 2.38 bits per heavy atom. The normalized spacial score (nSPS) is 20.3.